The van der Waals surface area contributed by atoms with Gasteiger partial charge >= 0.3 is 5.97 Å². The second-order valence-corrected chi connectivity index (χ2v) is 6.59. The van der Waals surface area contributed by atoms with E-state index in [2.05, 4.69) is 5.32 Å². The van der Waals surface area contributed by atoms with E-state index in [0.29, 0.717) is 28.4 Å². The topological polar surface area (TPSA) is 55.4 Å². The average Bonchev–Trinajstić information content (AvgIpc) is 2.58. The van der Waals surface area contributed by atoms with Crippen LogP contribution in [0.1, 0.15) is 22.3 Å². The standard InChI is InChI=1S/C18H18ClNO3S/c1-23-18(22)14-5-2-4-13(10-14)12-24-9-8-17(21)20-16-7-3-6-15(19)11-16/h2-7,10-11H,8-9,12H2,1H3,(H,20,21). The van der Waals surface area contributed by atoms with E-state index >= 15 is 0 Å². The first-order valence-electron chi connectivity index (χ1n) is 7.39. The summed E-state index contributed by atoms with van der Waals surface area (Å²) in [7, 11) is 1.36. The number of benzene rings is 2. The molecule has 0 aliphatic rings. The van der Waals surface area contributed by atoms with E-state index in [-0.39, 0.29) is 11.9 Å². The fourth-order valence-corrected chi connectivity index (χ4v) is 3.13. The Labute approximate surface area is 150 Å². The summed E-state index contributed by atoms with van der Waals surface area (Å²) in [6.07, 6.45) is 0.411. The highest BCUT2D eigenvalue weighted by Crippen LogP contribution is 2.17. The van der Waals surface area contributed by atoms with Crippen molar-refractivity contribution < 1.29 is 14.3 Å². The molecule has 24 heavy (non-hydrogen) atoms. The molecule has 6 heteroatoms. The Hall–Kier alpha value is -1.98. The summed E-state index contributed by atoms with van der Waals surface area (Å²) >= 11 is 7.52. The Morgan fingerprint density at radius 3 is 2.71 bits per heavy atom. The molecule has 0 heterocycles. The van der Waals surface area contributed by atoms with Crippen molar-refractivity contribution in [3.05, 3.63) is 64.7 Å². The molecule has 2 aromatic carbocycles. The van der Waals surface area contributed by atoms with Crippen molar-refractivity contribution in [3.63, 3.8) is 0 Å². The second kappa shape index (κ2) is 9.35. The van der Waals surface area contributed by atoms with Gasteiger partial charge in [-0.15, -0.1) is 0 Å². The minimum atomic E-state index is -0.345. The van der Waals surface area contributed by atoms with Crippen molar-refractivity contribution in [1.82, 2.24) is 0 Å². The number of anilines is 1. The van der Waals surface area contributed by atoms with E-state index in [1.807, 2.05) is 18.2 Å². The predicted octanol–water partition coefficient (Wildman–Crippen LogP) is 4.39. The molecule has 2 aromatic rings. The van der Waals surface area contributed by atoms with E-state index in [4.69, 9.17) is 16.3 Å². The van der Waals surface area contributed by atoms with Gasteiger partial charge in [-0.1, -0.05) is 29.8 Å². The van der Waals surface area contributed by atoms with E-state index in [1.54, 1.807) is 42.1 Å². The Kier molecular flexibility index (Phi) is 7.15. The maximum absolute atomic E-state index is 11.9. The maximum atomic E-state index is 11.9. The molecule has 4 nitrogen and oxygen atoms in total. The van der Waals surface area contributed by atoms with Crippen molar-refractivity contribution in [3.8, 4) is 0 Å². The molecule has 0 saturated heterocycles. The molecule has 0 unspecified atom stereocenters. The lowest BCUT2D eigenvalue weighted by atomic mass is 10.1. The molecule has 1 amide bonds. The predicted molar refractivity (Wildman–Crippen MR) is 98.6 cm³/mol. The second-order valence-electron chi connectivity index (χ2n) is 5.05. The van der Waals surface area contributed by atoms with Gasteiger partial charge in [0.1, 0.15) is 0 Å². The number of amides is 1. The summed E-state index contributed by atoms with van der Waals surface area (Å²) in [6.45, 7) is 0. The van der Waals surface area contributed by atoms with Gasteiger partial charge in [0.15, 0.2) is 0 Å². The van der Waals surface area contributed by atoms with Crippen LogP contribution in [0.4, 0.5) is 5.69 Å². The molecule has 0 bridgehead atoms. The van der Waals surface area contributed by atoms with Crippen molar-refractivity contribution in [2.45, 2.75) is 12.2 Å². The van der Waals surface area contributed by atoms with Crippen LogP contribution in [0.25, 0.3) is 0 Å². The zero-order chi connectivity index (χ0) is 17.4. The first kappa shape index (κ1) is 18.4. The summed E-state index contributed by atoms with van der Waals surface area (Å²) in [5.74, 6) is 1.03. The number of thioether (sulfide) groups is 1. The largest absolute Gasteiger partial charge is 0.465 e. The number of carbonyl (C=O) groups excluding carboxylic acids is 2. The lowest BCUT2D eigenvalue weighted by Gasteiger charge is -2.06. The third-order valence-electron chi connectivity index (χ3n) is 3.20. The minimum Gasteiger partial charge on any atom is -0.465 e. The summed E-state index contributed by atoms with van der Waals surface area (Å²) in [4.78, 5) is 23.4. The molecule has 0 saturated carbocycles. The third-order valence-corrected chi connectivity index (χ3v) is 4.46. The highest BCUT2D eigenvalue weighted by Gasteiger charge is 2.06. The lowest BCUT2D eigenvalue weighted by molar-refractivity contribution is -0.115. The van der Waals surface area contributed by atoms with Crippen LogP contribution in [-0.2, 0) is 15.3 Å². The van der Waals surface area contributed by atoms with Gasteiger partial charge in [-0.3, -0.25) is 4.79 Å². The van der Waals surface area contributed by atoms with Crippen molar-refractivity contribution in [1.29, 1.82) is 0 Å². The van der Waals surface area contributed by atoms with Crippen LogP contribution in [0.5, 0.6) is 0 Å². The highest BCUT2D eigenvalue weighted by atomic mass is 35.5. The minimum absolute atomic E-state index is 0.0481. The number of nitrogens with one attached hydrogen (secondary N) is 1. The molecule has 0 fully saturated rings. The molecule has 0 aliphatic heterocycles. The van der Waals surface area contributed by atoms with Gasteiger partial charge in [0.25, 0.3) is 0 Å². The molecule has 0 radical (unpaired) electrons. The van der Waals surface area contributed by atoms with Crippen LogP contribution in [0.15, 0.2) is 48.5 Å². The fourth-order valence-electron chi connectivity index (χ4n) is 2.05. The van der Waals surface area contributed by atoms with Crippen molar-refractivity contribution in [2.24, 2.45) is 0 Å². The van der Waals surface area contributed by atoms with Gasteiger partial charge in [-0.25, -0.2) is 4.79 Å². The molecule has 0 spiro atoms. The quantitative estimate of drug-likeness (QED) is 0.585. The Bertz CT molecular complexity index is 721. The first-order chi connectivity index (χ1) is 11.6. The number of hydrogen-bond donors (Lipinski definition) is 1. The summed E-state index contributed by atoms with van der Waals surface area (Å²) in [6, 6.07) is 14.4. The Morgan fingerprint density at radius 1 is 1.17 bits per heavy atom. The van der Waals surface area contributed by atoms with E-state index < -0.39 is 0 Å². The molecule has 0 aromatic heterocycles. The third kappa shape index (κ3) is 5.91. The lowest BCUT2D eigenvalue weighted by Crippen LogP contribution is -2.12. The van der Waals surface area contributed by atoms with Crippen LogP contribution in [0.3, 0.4) is 0 Å². The van der Waals surface area contributed by atoms with Crippen LogP contribution in [0, 0.1) is 0 Å². The number of rotatable bonds is 7. The van der Waals surface area contributed by atoms with E-state index in [9.17, 15) is 9.59 Å². The molecule has 126 valence electrons. The molecule has 2 rings (SSSR count). The normalized spacial score (nSPS) is 10.2. The van der Waals surface area contributed by atoms with Crippen molar-refractivity contribution in [2.75, 3.05) is 18.2 Å². The van der Waals surface area contributed by atoms with Gasteiger partial charge in [-0.2, -0.15) is 11.8 Å². The summed E-state index contributed by atoms with van der Waals surface area (Å²) in [5.41, 5.74) is 2.26. The van der Waals surface area contributed by atoms with E-state index in [1.165, 1.54) is 7.11 Å². The van der Waals surface area contributed by atoms with E-state index in [0.717, 1.165) is 11.3 Å². The number of ether oxygens (including phenoxy) is 1. The van der Waals surface area contributed by atoms with Crippen LogP contribution in [-0.4, -0.2) is 24.7 Å². The molecule has 0 atom stereocenters. The molecular weight excluding hydrogens is 346 g/mol. The van der Waals surface area contributed by atoms with Crippen molar-refractivity contribution >= 4 is 40.9 Å². The monoisotopic (exact) mass is 363 g/mol. The Morgan fingerprint density at radius 2 is 1.96 bits per heavy atom. The zero-order valence-corrected chi connectivity index (χ0v) is 14.8. The first-order valence-corrected chi connectivity index (χ1v) is 8.92. The van der Waals surface area contributed by atoms with Crippen LogP contribution in [0.2, 0.25) is 5.02 Å². The number of esters is 1. The van der Waals surface area contributed by atoms with Gasteiger partial charge < -0.3 is 10.1 Å². The number of hydrogen-bond acceptors (Lipinski definition) is 4. The highest BCUT2D eigenvalue weighted by molar-refractivity contribution is 7.98. The smallest absolute Gasteiger partial charge is 0.337 e. The number of halogens is 1. The average molecular weight is 364 g/mol. The SMILES string of the molecule is COC(=O)c1cccc(CSCCC(=O)Nc2cccc(Cl)c2)c1. The zero-order valence-electron chi connectivity index (χ0n) is 13.3. The molecule has 0 aliphatic carbocycles. The van der Waals surface area contributed by atoms with Crippen LogP contribution < -0.4 is 5.32 Å². The van der Waals surface area contributed by atoms with Gasteiger partial charge in [0.05, 0.1) is 12.7 Å². The maximum Gasteiger partial charge on any atom is 0.337 e. The van der Waals surface area contributed by atoms with Gasteiger partial charge in [-0.05, 0) is 35.9 Å². The summed E-state index contributed by atoms with van der Waals surface area (Å²) in [5, 5.41) is 3.41. The fraction of sp³-hybridized carbons (Fsp3) is 0.222. The van der Waals surface area contributed by atoms with Gasteiger partial charge in [0.2, 0.25) is 5.91 Å². The number of methoxy groups -OCH3 is 1. The molecule has 1 N–H and O–H groups in total. The van der Waals surface area contributed by atoms with Crippen LogP contribution >= 0.6 is 23.4 Å². The summed E-state index contributed by atoms with van der Waals surface area (Å²) < 4.78 is 4.71. The number of carbonyl (C=O) groups is 2. The van der Waals surface area contributed by atoms with Gasteiger partial charge in [0, 0.05) is 28.6 Å². The molecular formula is C18H18ClNO3S. The Balaban J connectivity index is 1.74.